The summed E-state index contributed by atoms with van der Waals surface area (Å²) >= 11 is 0. The van der Waals surface area contributed by atoms with Crippen LogP contribution in [0.4, 0.5) is 0 Å². The molecule has 4 rings (SSSR count). The lowest BCUT2D eigenvalue weighted by Gasteiger charge is -2.33. The van der Waals surface area contributed by atoms with E-state index in [1.807, 2.05) is 18.6 Å². The second kappa shape index (κ2) is 7.03. The monoisotopic (exact) mass is 326 g/mol. The van der Waals surface area contributed by atoms with Gasteiger partial charge in [-0.15, -0.1) is 0 Å². The molecule has 128 valence electrons. The molecule has 5 heteroatoms. The number of pyridine rings is 1. The molecule has 0 unspecified atom stereocenters. The van der Waals surface area contributed by atoms with Crippen molar-refractivity contribution in [3.05, 3.63) is 47.8 Å². The van der Waals surface area contributed by atoms with Gasteiger partial charge in [0, 0.05) is 50.6 Å². The summed E-state index contributed by atoms with van der Waals surface area (Å²) in [5.74, 6) is 1.27. The zero-order valence-electron chi connectivity index (χ0n) is 14.4. The lowest BCUT2D eigenvalue weighted by Crippen LogP contribution is -2.36. The van der Waals surface area contributed by atoms with E-state index in [0.717, 1.165) is 51.0 Å². The van der Waals surface area contributed by atoms with E-state index < -0.39 is 0 Å². The molecule has 0 spiro atoms. The van der Waals surface area contributed by atoms with Crippen molar-refractivity contribution in [2.24, 2.45) is 5.92 Å². The first kappa shape index (κ1) is 15.8. The molecule has 0 saturated heterocycles. The zero-order valence-corrected chi connectivity index (χ0v) is 14.4. The van der Waals surface area contributed by atoms with Gasteiger partial charge in [0.25, 0.3) is 0 Å². The quantitative estimate of drug-likeness (QED) is 0.785. The SMILES string of the molecule is CCOC[C@@H]1CN(Cc2ccccn2)Cc2ncn(CC3CC3)c21. The Morgan fingerprint density at radius 1 is 1.25 bits per heavy atom. The van der Waals surface area contributed by atoms with E-state index in [9.17, 15) is 0 Å². The van der Waals surface area contributed by atoms with Gasteiger partial charge in [0.2, 0.25) is 0 Å². The Morgan fingerprint density at radius 3 is 2.92 bits per heavy atom. The summed E-state index contributed by atoms with van der Waals surface area (Å²) in [6, 6.07) is 6.12. The normalized spacial score (nSPS) is 21.0. The molecule has 2 aromatic heterocycles. The highest BCUT2D eigenvalue weighted by Crippen LogP contribution is 2.34. The van der Waals surface area contributed by atoms with Crippen molar-refractivity contribution in [1.82, 2.24) is 19.4 Å². The highest BCUT2D eigenvalue weighted by atomic mass is 16.5. The highest BCUT2D eigenvalue weighted by molar-refractivity contribution is 5.23. The van der Waals surface area contributed by atoms with Gasteiger partial charge >= 0.3 is 0 Å². The summed E-state index contributed by atoms with van der Waals surface area (Å²) in [6.07, 6.45) is 6.66. The molecule has 0 radical (unpaired) electrons. The van der Waals surface area contributed by atoms with Crippen molar-refractivity contribution in [2.45, 2.75) is 45.3 Å². The van der Waals surface area contributed by atoms with E-state index in [4.69, 9.17) is 9.72 Å². The van der Waals surface area contributed by atoms with Crippen molar-refractivity contribution in [1.29, 1.82) is 0 Å². The molecule has 1 aliphatic carbocycles. The molecule has 2 aromatic rings. The maximum Gasteiger partial charge on any atom is 0.0952 e. The van der Waals surface area contributed by atoms with Crippen LogP contribution in [0.15, 0.2) is 30.7 Å². The Labute approximate surface area is 143 Å². The van der Waals surface area contributed by atoms with E-state index >= 15 is 0 Å². The van der Waals surface area contributed by atoms with Crippen LogP contribution in [-0.4, -0.2) is 39.2 Å². The molecule has 1 saturated carbocycles. The van der Waals surface area contributed by atoms with Crippen molar-refractivity contribution in [3.63, 3.8) is 0 Å². The van der Waals surface area contributed by atoms with Crippen LogP contribution in [0.25, 0.3) is 0 Å². The van der Waals surface area contributed by atoms with Crippen LogP contribution in [-0.2, 0) is 24.4 Å². The molecule has 24 heavy (non-hydrogen) atoms. The smallest absolute Gasteiger partial charge is 0.0952 e. The van der Waals surface area contributed by atoms with E-state index in [2.05, 4.69) is 33.5 Å². The van der Waals surface area contributed by atoms with Crippen molar-refractivity contribution in [2.75, 3.05) is 19.8 Å². The molecule has 0 amide bonds. The van der Waals surface area contributed by atoms with Crippen LogP contribution >= 0.6 is 0 Å². The van der Waals surface area contributed by atoms with Crippen LogP contribution in [0.1, 0.15) is 42.8 Å². The second-order valence-corrected chi connectivity index (χ2v) is 7.02. The third kappa shape index (κ3) is 3.52. The van der Waals surface area contributed by atoms with Gasteiger partial charge in [-0.1, -0.05) is 6.07 Å². The highest BCUT2D eigenvalue weighted by Gasteiger charge is 2.32. The van der Waals surface area contributed by atoms with Gasteiger partial charge in [0.1, 0.15) is 0 Å². The molecular weight excluding hydrogens is 300 g/mol. The lowest BCUT2D eigenvalue weighted by atomic mass is 9.98. The van der Waals surface area contributed by atoms with Gasteiger partial charge in [-0.2, -0.15) is 0 Å². The zero-order chi connectivity index (χ0) is 16.4. The molecule has 0 aromatic carbocycles. The van der Waals surface area contributed by atoms with Gasteiger partial charge < -0.3 is 9.30 Å². The fourth-order valence-corrected chi connectivity index (χ4v) is 3.66. The molecular formula is C19H26N4O. The summed E-state index contributed by atoms with van der Waals surface area (Å²) < 4.78 is 8.19. The van der Waals surface area contributed by atoms with Gasteiger partial charge in [0.15, 0.2) is 0 Å². The van der Waals surface area contributed by atoms with Gasteiger partial charge in [-0.25, -0.2) is 4.98 Å². The Morgan fingerprint density at radius 2 is 2.17 bits per heavy atom. The largest absolute Gasteiger partial charge is 0.381 e. The van der Waals surface area contributed by atoms with Crippen molar-refractivity contribution < 1.29 is 4.74 Å². The minimum Gasteiger partial charge on any atom is -0.381 e. The maximum atomic E-state index is 5.79. The van der Waals surface area contributed by atoms with Gasteiger partial charge in [-0.05, 0) is 37.8 Å². The van der Waals surface area contributed by atoms with E-state index in [-0.39, 0.29) is 0 Å². The molecule has 3 heterocycles. The van der Waals surface area contributed by atoms with Crippen molar-refractivity contribution >= 4 is 0 Å². The standard InChI is InChI=1S/C19H26N4O/c1-2-24-13-16-10-22(11-17-5-3-4-8-20-17)12-18-19(16)23(14-21-18)9-15-6-7-15/h3-5,8,14-16H,2,6-7,9-13H2,1H3/t16-/m0/s1. The second-order valence-electron chi connectivity index (χ2n) is 7.02. The van der Waals surface area contributed by atoms with E-state index in [1.54, 1.807) is 0 Å². The van der Waals surface area contributed by atoms with Gasteiger partial charge in [-0.3, -0.25) is 9.88 Å². The predicted molar refractivity (Wildman–Crippen MR) is 92.5 cm³/mol. The molecule has 2 aliphatic rings. The first-order valence-corrected chi connectivity index (χ1v) is 9.07. The number of aromatic nitrogens is 3. The molecule has 1 aliphatic heterocycles. The average Bonchev–Trinajstić information content (AvgIpc) is 3.33. The Hall–Kier alpha value is -1.72. The number of hydrogen-bond acceptors (Lipinski definition) is 4. The number of fused-ring (bicyclic) bond motifs is 1. The molecule has 0 bridgehead atoms. The Balaban J connectivity index is 1.53. The minimum absolute atomic E-state index is 0.402. The molecule has 0 N–H and O–H groups in total. The topological polar surface area (TPSA) is 43.2 Å². The van der Waals surface area contributed by atoms with Crippen molar-refractivity contribution in [3.8, 4) is 0 Å². The molecule has 5 nitrogen and oxygen atoms in total. The third-order valence-electron chi connectivity index (χ3n) is 4.98. The number of hydrogen-bond donors (Lipinski definition) is 0. The van der Waals surface area contributed by atoms with Crippen LogP contribution in [0.5, 0.6) is 0 Å². The Kier molecular flexibility index (Phi) is 4.63. The number of ether oxygens (including phenoxy) is 1. The summed E-state index contributed by atoms with van der Waals surface area (Å²) in [7, 11) is 0. The predicted octanol–water partition coefficient (Wildman–Crippen LogP) is 2.82. The summed E-state index contributed by atoms with van der Waals surface area (Å²) in [5.41, 5.74) is 3.75. The fraction of sp³-hybridized carbons (Fsp3) is 0.579. The number of nitrogens with zero attached hydrogens (tertiary/aromatic N) is 4. The average molecular weight is 326 g/mol. The molecule has 1 fully saturated rings. The fourth-order valence-electron chi connectivity index (χ4n) is 3.66. The van der Waals surface area contributed by atoms with Crippen LogP contribution in [0.2, 0.25) is 0 Å². The van der Waals surface area contributed by atoms with Crippen LogP contribution in [0, 0.1) is 5.92 Å². The van der Waals surface area contributed by atoms with Crippen LogP contribution < -0.4 is 0 Å². The first-order chi connectivity index (χ1) is 11.8. The van der Waals surface area contributed by atoms with E-state index in [1.165, 1.54) is 24.2 Å². The number of rotatable bonds is 7. The molecule has 1 atom stereocenters. The van der Waals surface area contributed by atoms with Crippen LogP contribution in [0.3, 0.4) is 0 Å². The number of imidazole rings is 1. The summed E-state index contributed by atoms with van der Waals surface area (Å²) in [6.45, 7) is 7.54. The van der Waals surface area contributed by atoms with Gasteiger partial charge in [0.05, 0.1) is 24.3 Å². The third-order valence-corrected chi connectivity index (χ3v) is 4.98. The Bertz CT molecular complexity index is 665. The lowest BCUT2D eigenvalue weighted by molar-refractivity contribution is 0.101. The minimum atomic E-state index is 0.402. The summed E-state index contributed by atoms with van der Waals surface area (Å²) in [5, 5.41) is 0. The summed E-state index contributed by atoms with van der Waals surface area (Å²) in [4.78, 5) is 11.7. The maximum absolute atomic E-state index is 5.79. The first-order valence-electron chi connectivity index (χ1n) is 9.07. The van der Waals surface area contributed by atoms with E-state index in [0.29, 0.717) is 5.92 Å².